The summed E-state index contributed by atoms with van der Waals surface area (Å²) in [6.07, 6.45) is 2.98. The first-order valence-electron chi connectivity index (χ1n) is 9.35. The second-order valence-electron chi connectivity index (χ2n) is 7.74. The Morgan fingerprint density at radius 1 is 1.37 bits per heavy atom. The Morgan fingerprint density at radius 2 is 2.04 bits per heavy atom. The molecule has 2 fully saturated rings. The molecule has 5 nitrogen and oxygen atoms in total. The van der Waals surface area contributed by atoms with Crippen LogP contribution in [-0.2, 0) is 19.1 Å². The van der Waals surface area contributed by atoms with E-state index in [1.54, 1.807) is 19.1 Å². The smallest absolute Gasteiger partial charge is 0.313 e. The lowest BCUT2D eigenvalue weighted by atomic mass is 9.89. The van der Waals surface area contributed by atoms with Crippen LogP contribution in [-0.4, -0.2) is 41.3 Å². The van der Waals surface area contributed by atoms with Gasteiger partial charge in [-0.25, -0.2) is 0 Å². The van der Waals surface area contributed by atoms with Crippen LogP contribution in [0.4, 0.5) is 0 Å². The number of rotatable bonds is 7. The zero-order valence-corrected chi connectivity index (χ0v) is 16.4. The molecule has 2 aliphatic rings. The molecule has 0 aromatic heterocycles. The molecule has 0 amide bonds. The molecule has 0 aliphatic carbocycles. The highest BCUT2D eigenvalue weighted by Crippen LogP contribution is 2.36. The first-order chi connectivity index (χ1) is 12.6. The van der Waals surface area contributed by atoms with Gasteiger partial charge in [0.2, 0.25) is 0 Å². The van der Waals surface area contributed by atoms with E-state index in [0.717, 1.165) is 16.7 Å². The molecule has 0 saturated carbocycles. The highest BCUT2D eigenvalue weighted by Gasteiger charge is 2.47. The molecule has 148 valence electrons. The molecule has 1 N–H and O–H groups in total. The number of cyclic esters (lactones) is 1. The summed E-state index contributed by atoms with van der Waals surface area (Å²) in [6, 6.07) is 0. The molecule has 6 atom stereocenters. The fourth-order valence-electron chi connectivity index (χ4n) is 3.06. The Labute approximate surface area is 161 Å². The van der Waals surface area contributed by atoms with Crippen LogP contribution in [0.25, 0.3) is 0 Å². The maximum atomic E-state index is 11.9. The zero-order chi connectivity index (χ0) is 20.3. The number of aliphatic hydroxyl groups excluding tert-OH is 1. The Bertz CT molecular complexity index is 674. The lowest BCUT2D eigenvalue weighted by molar-refractivity contribution is -0.153. The van der Waals surface area contributed by atoms with Crippen molar-refractivity contribution in [3.63, 3.8) is 0 Å². The van der Waals surface area contributed by atoms with E-state index in [1.165, 1.54) is 0 Å². The summed E-state index contributed by atoms with van der Waals surface area (Å²) in [5, 5.41) is 10.1. The molecular weight excluding hydrogens is 344 g/mol. The molecule has 0 unspecified atom stereocenters. The summed E-state index contributed by atoms with van der Waals surface area (Å²) < 4.78 is 11.1. The molecule has 0 radical (unpaired) electrons. The van der Waals surface area contributed by atoms with Crippen LogP contribution in [0.2, 0.25) is 0 Å². The van der Waals surface area contributed by atoms with Gasteiger partial charge in [0, 0.05) is 24.7 Å². The fourth-order valence-corrected chi connectivity index (χ4v) is 3.06. The summed E-state index contributed by atoms with van der Waals surface area (Å²) >= 11 is 0. The van der Waals surface area contributed by atoms with E-state index < -0.39 is 18.2 Å². The SMILES string of the molecule is C=C(/C=C/[C@@H](O)[C@@H](C)C(=C)C)C[C@H]1O[C@@H]1[C@H]1CC(=C)[C@H](C)C(=O)CC(=O)O1. The molecule has 2 heterocycles. The Balaban J connectivity index is 1.88. The van der Waals surface area contributed by atoms with Gasteiger partial charge in [0.15, 0.2) is 5.78 Å². The van der Waals surface area contributed by atoms with Crippen molar-refractivity contribution in [2.24, 2.45) is 11.8 Å². The number of ether oxygens (including phenoxy) is 2. The van der Waals surface area contributed by atoms with Gasteiger partial charge in [-0.05, 0) is 6.92 Å². The molecule has 2 saturated heterocycles. The Hall–Kier alpha value is -1.98. The lowest BCUT2D eigenvalue weighted by Crippen LogP contribution is -2.32. The molecule has 0 aromatic carbocycles. The third kappa shape index (κ3) is 5.75. The van der Waals surface area contributed by atoms with Crippen LogP contribution < -0.4 is 0 Å². The summed E-state index contributed by atoms with van der Waals surface area (Å²) in [4.78, 5) is 23.7. The average molecular weight is 374 g/mol. The third-order valence-corrected chi connectivity index (χ3v) is 5.43. The van der Waals surface area contributed by atoms with Crippen LogP contribution in [0.5, 0.6) is 0 Å². The van der Waals surface area contributed by atoms with Crippen molar-refractivity contribution >= 4 is 11.8 Å². The van der Waals surface area contributed by atoms with Crippen molar-refractivity contribution in [3.8, 4) is 0 Å². The predicted octanol–water partition coefficient (Wildman–Crippen LogP) is 3.30. The molecule has 0 aromatic rings. The van der Waals surface area contributed by atoms with Crippen LogP contribution in [0.1, 0.15) is 40.0 Å². The van der Waals surface area contributed by atoms with Gasteiger partial charge in [0.25, 0.3) is 0 Å². The predicted molar refractivity (Wildman–Crippen MR) is 104 cm³/mol. The minimum atomic E-state index is -0.607. The maximum absolute atomic E-state index is 11.9. The number of epoxide rings is 1. The number of esters is 1. The number of ketones is 1. The second-order valence-corrected chi connectivity index (χ2v) is 7.74. The lowest BCUT2D eigenvalue weighted by Gasteiger charge is -2.23. The molecule has 0 spiro atoms. The summed E-state index contributed by atoms with van der Waals surface area (Å²) in [6.45, 7) is 17.4. The first-order valence-corrected chi connectivity index (χ1v) is 9.35. The largest absolute Gasteiger partial charge is 0.459 e. The molecule has 2 rings (SSSR count). The van der Waals surface area contributed by atoms with Gasteiger partial charge in [-0.3, -0.25) is 9.59 Å². The normalized spacial score (nSPS) is 31.0. The van der Waals surface area contributed by atoms with E-state index in [2.05, 4.69) is 19.7 Å². The van der Waals surface area contributed by atoms with Crippen molar-refractivity contribution in [2.75, 3.05) is 0 Å². The fraction of sp³-hybridized carbons (Fsp3) is 0.545. The molecule has 5 heteroatoms. The maximum Gasteiger partial charge on any atom is 0.313 e. The number of allylic oxidation sites excluding steroid dienone is 1. The molecule has 0 bridgehead atoms. The minimum Gasteiger partial charge on any atom is -0.459 e. The van der Waals surface area contributed by atoms with Gasteiger partial charge in [-0.2, -0.15) is 0 Å². The second kappa shape index (κ2) is 8.81. The van der Waals surface area contributed by atoms with Crippen molar-refractivity contribution < 1.29 is 24.2 Å². The van der Waals surface area contributed by atoms with E-state index in [1.807, 2.05) is 13.8 Å². The first kappa shape index (κ1) is 21.3. The van der Waals surface area contributed by atoms with Gasteiger partial charge in [0.1, 0.15) is 18.6 Å². The van der Waals surface area contributed by atoms with E-state index >= 15 is 0 Å². The highest BCUT2D eigenvalue weighted by molar-refractivity contribution is 5.98. The van der Waals surface area contributed by atoms with Gasteiger partial charge < -0.3 is 14.6 Å². The average Bonchev–Trinajstić information content (AvgIpc) is 3.35. The van der Waals surface area contributed by atoms with Crippen molar-refractivity contribution in [1.82, 2.24) is 0 Å². The standard InChI is InChI=1S/C22H30O5/c1-12(2)15(5)17(23)8-7-13(3)9-19-22(27-19)20-10-14(4)16(6)18(24)11-21(25)26-20/h7-8,15-17,19-20,22-23H,1,3-4,9-11H2,2,5-6H3/b8-7+/t15-,16-,17+,19+,20+,22-/m0/s1. The Morgan fingerprint density at radius 3 is 2.67 bits per heavy atom. The van der Waals surface area contributed by atoms with Gasteiger partial charge in [0.05, 0.1) is 12.2 Å². The molecule has 2 aliphatic heterocycles. The van der Waals surface area contributed by atoms with Crippen LogP contribution in [0.15, 0.2) is 48.6 Å². The number of carbonyl (C=O) groups is 2. The number of hydrogen-bond donors (Lipinski definition) is 1. The summed E-state index contributed by atoms with van der Waals surface area (Å²) in [5.41, 5.74) is 2.51. The van der Waals surface area contributed by atoms with Crippen molar-refractivity contribution in [2.45, 2.75) is 64.4 Å². The highest BCUT2D eigenvalue weighted by atomic mass is 16.6. The minimum absolute atomic E-state index is 0.0241. The number of carbonyl (C=O) groups excluding carboxylic acids is 2. The van der Waals surface area contributed by atoms with Crippen LogP contribution in [0.3, 0.4) is 0 Å². The van der Waals surface area contributed by atoms with Crippen LogP contribution in [0, 0.1) is 11.8 Å². The summed E-state index contributed by atoms with van der Waals surface area (Å²) in [7, 11) is 0. The van der Waals surface area contributed by atoms with Crippen molar-refractivity contribution in [1.29, 1.82) is 0 Å². The van der Waals surface area contributed by atoms with Gasteiger partial charge >= 0.3 is 5.97 Å². The molecule has 27 heavy (non-hydrogen) atoms. The van der Waals surface area contributed by atoms with E-state index in [-0.39, 0.29) is 36.2 Å². The van der Waals surface area contributed by atoms with E-state index in [0.29, 0.717) is 12.8 Å². The van der Waals surface area contributed by atoms with Crippen LogP contribution >= 0.6 is 0 Å². The summed E-state index contributed by atoms with van der Waals surface area (Å²) in [5.74, 6) is -1.02. The number of Topliss-reactive ketones (excluding diaryl/α,β-unsaturated/α-hetero) is 1. The number of hydrogen-bond acceptors (Lipinski definition) is 5. The molecular formula is C22H30O5. The number of aliphatic hydroxyl groups is 1. The van der Waals surface area contributed by atoms with E-state index in [4.69, 9.17) is 9.47 Å². The van der Waals surface area contributed by atoms with Gasteiger partial charge in [-0.1, -0.05) is 62.5 Å². The monoisotopic (exact) mass is 374 g/mol. The zero-order valence-electron chi connectivity index (χ0n) is 16.4. The van der Waals surface area contributed by atoms with E-state index in [9.17, 15) is 14.7 Å². The third-order valence-electron chi connectivity index (χ3n) is 5.43. The Kier molecular flexibility index (Phi) is 6.95. The topological polar surface area (TPSA) is 76.1 Å². The quantitative estimate of drug-likeness (QED) is 0.243. The van der Waals surface area contributed by atoms with Gasteiger partial charge in [-0.15, -0.1) is 0 Å². The van der Waals surface area contributed by atoms with Crippen molar-refractivity contribution in [3.05, 3.63) is 48.6 Å².